The van der Waals surface area contributed by atoms with E-state index in [0.29, 0.717) is 30.9 Å². The van der Waals surface area contributed by atoms with Crippen molar-refractivity contribution in [1.82, 2.24) is 19.4 Å². The lowest BCUT2D eigenvalue weighted by molar-refractivity contribution is -0.139. The van der Waals surface area contributed by atoms with Gasteiger partial charge in [0.05, 0.1) is 23.1 Å². The number of nitrogens with zero attached hydrogens (tertiary/aromatic N) is 3. The summed E-state index contributed by atoms with van der Waals surface area (Å²) in [6, 6.07) is 11.3. The van der Waals surface area contributed by atoms with E-state index in [1.165, 1.54) is 27.4 Å². The van der Waals surface area contributed by atoms with Crippen LogP contribution in [0.5, 0.6) is 0 Å². The number of hydrogen-bond acceptors (Lipinski definition) is 6. The normalized spacial score (nSPS) is 19.4. The van der Waals surface area contributed by atoms with E-state index in [2.05, 4.69) is 5.32 Å². The molecule has 2 aromatic carbocycles. The molecule has 1 N–H and O–H groups in total. The average molecular weight is 545 g/mol. The van der Waals surface area contributed by atoms with Crippen LogP contribution >= 0.6 is 0 Å². The Morgan fingerprint density at radius 2 is 1.76 bits per heavy atom. The number of amides is 2. The SMILES string of the molecule is CCOC(=O)C1=C(CN2CCN(S(=O)(=O)c3ccc(C)cc3)CC2)N(CC)C(=O)N[C@H]1c1cccc(F)c1. The molecular formula is C27H33FN4O5S. The minimum absolute atomic E-state index is 0.140. The Bertz CT molecular complexity index is 1320. The molecule has 38 heavy (non-hydrogen) atoms. The molecule has 0 aromatic heterocycles. The summed E-state index contributed by atoms with van der Waals surface area (Å²) in [6.45, 7) is 7.44. The van der Waals surface area contributed by atoms with Gasteiger partial charge in [-0.1, -0.05) is 29.8 Å². The number of nitrogens with one attached hydrogen (secondary N) is 1. The quantitative estimate of drug-likeness (QED) is 0.513. The highest BCUT2D eigenvalue weighted by Crippen LogP contribution is 2.32. The Balaban J connectivity index is 1.61. The number of carbonyl (C=O) groups is 2. The van der Waals surface area contributed by atoms with Gasteiger partial charge in [0, 0.05) is 45.0 Å². The Hall–Kier alpha value is -3.28. The van der Waals surface area contributed by atoms with Gasteiger partial charge in [0.1, 0.15) is 5.82 Å². The molecule has 2 aliphatic heterocycles. The van der Waals surface area contributed by atoms with Crippen molar-refractivity contribution in [1.29, 1.82) is 0 Å². The van der Waals surface area contributed by atoms with Crippen LogP contribution in [-0.2, 0) is 19.6 Å². The zero-order valence-electron chi connectivity index (χ0n) is 21.8. The Kier molecular flexibility index (Phi) is 8.49. The summed E-state index contributed by atoms with van der Waals surface area (Å²) in [5.74, 6) is -1.07. The fraction of sp³-hybridized carbons (Fsp3) is 0.407. The number of likely N-dealkylation sites (N-methyl/N-ethyl adjacent to an activating group) is 1. The van der Waals surface area contributed by atoms with Gasteiger partial charge in [-0.25, -0.2) is 22.4 Å². The maximum Gasteiger partial charge on any atom is 0.338 e. The fourth-order valence-corrected chi connectivity index (χ4v) is 6.22. The first-order valence-electron chi connectivity index (χ1n) is 12.7. The van der Waals surface area contributed by atoms with E-state index >= 15 is 0 Å². The lowest BCUT2D eigenvalue weighted by Crippen LogP contribution is -2.53. The first-order chi connectivity index (χ1) is 18.1. The van der Waals surface area contributed by atoms with Gasteiger partial charge < -0.3 is 10.1 Å². The zero-order chi connectivity index (χ0) is 27.4. The molecule has 0 bridgehead atoms. The van der Waals surface area contributed by atoms with Gasteiger partial charge in [0.2, 0.25) is 10.0 Å². The molecule has 2 aromatic rings. The van der Waals surface area contributed by atoms with Crippen LogP contribution in [0.1, 0.15) is 31.0 Å². The van der Waals surface area contributed by atoms with E-state index < -0.39 is 33.9 Å². The van der Waals surface area contributed by atoms with Crippen LogP contribution in [0.4, 0.5) is 9.18 Å². The molecule has 0 spiro atoms. The van der Waals surface area contributed by atoms with Gasteiger partial charge in [-0.2, -0.15) is 4.31 Å². The fourth-order valence-electron chi connectivity index (χ4n) is 4.79. The number of rotatable bonds is 8. The number of halogens is 1. The van der Waals surface area contributed by atoms with Gasteiger partial charge in [-0.05, 0) is 50.6 Å². The number of aryl methyl sites for hydroxylation is 1. The number of carbonyl (C=O) groups excluding carboxylic acids is 2. The van der Waals surface area contributed by atoms with E-state index in [4.69, 9.17) is 4.74 Å². The van der Waals surface area contributed by atoms with Gasteiger partial charge in [-0.15, -0.1) is 0 Å². The number of piperazine rings is 1. The Morgan fingerprint density at radius 1 is 1.08 bits per heavy atom. The van der Waals surface area contributed by atoms with Crippen LogP contribution in [0.2, 0.25) is 0 Å². The first-order valence-corrected chi connectivity index (χ1v) is 14.1. The molecule has 0 saturated carbocycles. The number of sulfonamides is 1. The predicted molar refractivity (Wildman–Crippen MR) is 140 cm³/mol. The molecule has 1 fully saturated rings. The van der Waals surface area contributed by atoms with Gasteiger partial charge in [0.15, 0.2) is 0 Å². The van der Waals surface area contributed by atoms with E-state index in [-0.39, 0.29) is 36.7 Å². The number of urea groups is 1. The van der Waals surface area contributed by atoms with Crippen LogP contribution in [0.3, 0.4) is 0 Å². The molecule has 11 heteroatoms. The maximum atomic E-state index is 14.1. The standard InChI is InChI=1S/C27H33FN4O5S/c1-4-32-23(18-30-13-15-31(16-14-30)38(35,36)22-11-9-19(3)10-12-22)24(26(33)37-5-2)25(29-27(32)34)20-7-6-8-21(28)17-20/h6-12,17,25H,4-5,13-16,18H2,1-3H3,(H,29,34)/t25-/m0/s1. The molecule has 204 valence electrons. The second-order valence-electron chi connectivity index (χ2n) is 9.26. The molecule has 0 aliphatic carbocycles. The lowest BCUT2D eigenvalue weighted by atomic mass is 9.94. The minimum atomic E-state index is -3.63. The number of esters is 1. The third-order valence-electron chi connectivity index (χ3n) is 6.80. The van der Waals surface area contributed by atoms with Crippen molar-refractivity contribution in [3.63, 3.8) is 0 Å². The van der Waals surface area contributed by atoms with Crippen molar-refractivity contribution in [2.24, 2.45) is 0 Å². The molecular weight excluding hydrogens is 511 g/mol. The number of benzene rings is 2. The smallest absolute Gasteiger partial charge is 0.338 e. The minimum Gasteiger partial charge on any atom is -0.463 e. The number of hydrogen-bond donors (Lipinski definition) is 1. The van der Waals surface area contributed by atoms with Crippen molar-refractivity contribution in [2.45, 2.75) is 31.7 Å². The molecule has 1 atom stereocenters. The second kappa shape index (κ2) is 11.6. The lowest BCUT2D eigenvalue weighted by Gasteiger charge is -2.40. The highest BCUT2D eigenvalue weighted by molar-refractivity contribution is 7.89. The third-order valence-corrected chi connectivity index (χ3v) is 8.71. The largest absolute Gasteiger partial charge is 0.463 e. The summed E-state index contributed by atoms with van der Waals surface area (Å²) in [4.78, 5) is 30.0. The van der Waals surface area contributed by atoms with Crippen molar-refractivity contribution in [2.75, 3.05) is 45.9 Å². The summed E-state index contributed by atoms with van der Waals surface area (Å²) in [5.41, 5.74) is 2.13. The summed E-state index contributed by atoms with van der Waals surface area (Å²) in [6.07, 6.45) is 0. The van der Waals surface area contributed by atoms with E-state index in [9.17, 15) is 22.4 Å². The van der Waals surface area contributed by atoms with Crippen molar-refractivity contribution >= 4 is 22.0 Å². The summed E-state index contributed by atoms with van der Waals surface area (Å²) in [5, 5.41) is 2.82. The summed E-state index contributed by atoms with van der Waals surface area (Å²) >= 11 is 0. The second-order valence-corrected chi connectivity index (χ2v) is 11.2. The molecule has 2 heterocycles. The van der Waals surface area contributed by atoms with Gasteiger partial charge >= 0.3 is 12.0 Å². The van der Waals surface area contributed by atoms with E-state index in [0.717, 1.165) is 5.56 Å². The molecule has 2 aliphatic rings. The van der Waals surface area contributed by atoms with Crippen molar-refractivity contribution in [3.05, 3.63) is 76.7 Å². The first kappa shape index (κ1) is 27.7. The van der Waals surface area contributed by atoms with E-state index in [1.807, 2.05) is 11.8 Å². The van der Waals surface area contributed by atoms with Crippen LogP contribution in [0.15, 0.2) is 64.7 Å². The molecule has 4 rings (SSSR count). The predicted octanol–water partition coefficient (Wildman–Crippen LogP) is 3.04. The average Bonchev–Trinajstić information content (AvgIpc) is 2.89. The zero-order valence-corrected chi connectivity index (χ0v) is 22.6. The van der Waals surface area contributed by atoms with Crippen molar-refractivity contribution < 1.29 is 27.1 Å². The highest BCUT2D eigenvalue weighted by atomic mass is 32.2. The molecule has 1 saturated heterocycles. The Labute approximate surface area is 222 Å². The highest BCUT2D eigenvalue weighted by Gasteiger charge is 2.39. The van der Waals surface area contributed by atoms with Crippen LogP contribution < -0.4 is 5.32 Å². The maximum absolute atomic E-state index is 14.1. The third kappa shape index (κ3) is 5.74. The topological polar surface area (TPSA) is 99.3 Å². The number of ether oxygens (including phenoxy) is 1. The Morgan fingerprint density at radius 3 is 2.37 bits per heavy atom. The summed E-state index contributed by atoms with van der Waals surface area (Å²) in [7, 11) is -3.63. The van der Waals surface area contributed by atoms with E-state index in [1.54, 1.807) is 44.2 Å². The molecule has 9 nitrogen and oxygen atoms in total. The van der Waals surface area contributed by atoms with Crippen molar-refractivity contribution in [3.8, 4) is 0 Å². The van der Waals surface area contributed by atoms with Crippen LogP contribution in [0.25, 0.3) is 0 Å². The van der Waals surface area contributed by atoms with Gasteiger partial charge in [0.25, 0.3) is 0 Å². The monoisotopic (exact) mass is 544 g/mol. The molecule has 0 radical (unpaired) electrons. The van der Waals surface area contributed by atoms with Crippen LogP contribution in [0, 0.1) is 12.7 Å². The van der Waals surface area contributed by atoms with Gasteiger partial charge in [-0.3, -0.25) is 9.80 Å². The molecule has 0 unspecified atom stereocenters. The van der Waals surface area contributed by atoms with Crippen LogP contribution in [-0.4, -0.2) is 80.4 Å². The summed E-state index contributed by atoms with van der Waals surface area (Å²) < 4.78 is 47.1. The molecule has 2 amide bonds.